The number of aliphatic hydroxyl groups is 2. The Kier molecular flexibility index (Phi) is 8.57. The van der Waals surface area contributed by atoms with Gasteiger partial charge in [-0.25, -0.2) is 9.37 Å². The van der Waals surface area contributed by atoms with Gasteiger partial charge < -0.3 is 36.1 Å². The van der Waals surface area contributed by atoms with E-state index in [9.17, 15) is 29.0 Å². The molecule has 2 aromatic heterocycles. The zero-order chi connectivity index (χ0) is 29.1. The quantitative estimate of drug-likeness (QED) is 0.174. The largest absolute Gasteiger partial charge is 0.397 e. The van der Waals surface area contributed by atoms with Crippen molar-refractivity contribution in [3.05, 3.63) is 58.1 Å². The van der Waals surface area contributed by atoms with E-state index in [0.29, 0.717) is 29.7 Å². The molecule has 5 rings (SSSR count). The lowest BCUT2D eigenvalue weighted by Gasteiger charge is -2.27. The van der Waals surface area contributed by atoms with Crippen LogP contribution < -0.4 is 16.6 Å². The number of carbonyl (C=O) groups excluding carboxylic acids is 2. The van der Waals surface area contributed by atoms with Crippen LogP contribution in [0, 0.1) is 5.82 Å². The van der Waals surface area contributed by atoms with Gasteiger partial charge in [-0.15, -0.1) is 0 Å². The number of nitrogens with zero attached hydrogens (tertiary/aromatic N) is 2. The number of imidazole rings is 1. The molecule has 3 heterocycles. The average molecular weight is 583 g/mol. The molecule has 0 radical (unpaired) electrons. The standard InChI is InChI=1S/C28H31FN6O5S/c29-18-2-1-3-20-23(18)25(30)24(28(40)34-20)26-32-19-5-4-15(12-21(19)33-26)27(39)31-7-6-16(36)13-17(37)14-22(38)35-8-10-41-11-9-35/h1-5,12,16-17,36-37H,6-11,13-14H2,(H,31,39)(H,32,33)(H3,30,34,40)/t16-,17-/m1/s1. The number of thioether (sulfide) groups is 1. The number of nitrogen functional groups attached to an aromatic ring is 1. The monoisotopic (exact) mass is 582 g/mol. The van der Waals surface area contributed by atoms with Gasteiger partial charge in [0.05, 0.1) is 46.3 Å². The van der Waals surface area contributed by atoms with Gasteiger partial charge in [0.1, 0.15) is 17.2 Å². The molecule has 41 heavy (non-hydrogen) atoms. The van der Waals surface area contributed by atoms with Crippen LogP contribution in [0.4, 0.5) is 10.1 Å². The van der Waals surface area contributed by atoms with E-state index in [4.69, 9.17) is 5.73 Å². The van der Waals surface area contributed by atoms with Gasteiger partial charge in [-0.3, -0.25) is 14.4 Å². The number of aromatic nitrogens is 3. The van der Waals surface area contributed by atoms with E-state index in [1.54, 1.807) is 40.9 Å². The highest BCUT2D eigenvalue weighted by Crippen LogP contribution is 2.30. The molecule has 4 aromatic rings. The van der Waals surface area contributed by atoms with Crippen LogP contribution in [0.15, 0.2) is 41.2 Å². The van der Waals surface area contributed by atoms with Crippen molar-refractivity contribution in [3.63, 3.8) is 0 Å². The molecule has 1 aliphatic heterocycles. The number of hydrogen-bond acceptors (Lipinski definition) is 8. The molecule has 1 fully saturated rings. The number of anilines is 1. The maximum atomic E-state index is 14.4. The summed E-state index contributed by atoms with van der Waals surface area (Å²) in [6.07, 6.45) is -1.64. The summed E-state index contributed by atoms with van der Waals surface area (Å²) in [5, 5.41) is 23.3. The number of aromatic amines is 2. The number of benzene rings is 2. The van der Waals surface area contributed by atoms with Crippen LogP contribution in [0.3, 0.4) is 0 Å². The second-order valence-corrected chi connectivity index (χ2v) is 11.2. The van der Waals surface area contributed by atoms with E-state index in [1.165, 1.54) is 12.1 Å². The molecular weight excluding hydrogens is 551 g/mol. The zero-order valence-corrected chi connectivity index (χ0v) is 23.0. The van der Waals surface area contributed by atoms with Gasteiger partial charge in [0.2, 0.25) is 5.91 Å². The number of H-pyrrole nitrogens is 2. The molecule has 216 valence electrons. The fourth-order valence-electron chi connectivity index (χ4n) is 4.95. The third kappa shape index (κ3) is 6.37. The molecule has 13 heteroatoms. The summed E-state index contributed by atoms with van der Waals surface area (Å²) in [5.74, 6) is 0.838. The summed E-state index contributed by atoms with van der Waals surface area (Å²) in [5.41, 5.74) is 7.15. The van der Waals surface area contributed by atoms with Gasteiger partial charge in [0, 0.05) is 36.7 Å². The third-order valence-corrected chi connectivity index (χ3v) is 8.03. The van der Waals surface area contributed by atoms with Crippen molar-refractivity contribution in [1.29, 1.82) is 0 Å². The fraction of sp³-hybridized carbons (Fsp3) is 0.357. The van der Waals surface area contributed by atoms with Crippen LogP contribution in [0.5, 0.6) is 0 Å². The smallest absolute Gasteiger partial charge is 0.261 e. The summed E-state index contributed by atoms with van der Waals surface area (Å²) >= 11 is 1.79. The highest BCUT2D eigenvalue weighted by Gasteiger charge is 2.22. The van der Waals surface area contributed by atoms with Crippen molar-refractivity contribution >= 4 is 51.2 Å². The number of amides is 2. The molecule has 2 amide bonds. The van der Waals surface area contributed by atoms with Gasteiger partial charge in [-0.2, -0.15) is 11.8 Å². The van der Waals surface area contributed by atoms with Crippen LogP contribution >= 0.6 is 11.8 Å². The topological polar surface area (TPSA) is 177 Å². The highest BCUT2D eigenvalue weighted by atomic mass is 32.2. The lowest BCUT2D eigenvalue weighted by atomic mass is 10.1. The average Bonchev–Trinajstić information content (AvgIpc) is 3.36. The molecule has 0 saturated carbocycles. The van der Waals surface area contributed by atoms with Gasteiger partial charge in [-0.05, 0) is 43.2 Å². The molecule has 0 aliphatic carbocycles. The van der Waals surface area contributed by atoms with Gasteiger partial charge >= 0.3 is 0 Å². The maximum absolute atomic E-state index is 14.4. The highest BCUT2D eigenvalue weighted by molar-refractivity contribution is 7.99. The first-order valence-corrected chi connectivity index (χ1v) is 14.5. The molecular formula is C28H31FN6O5S. The molecule has 0 bridgehead atoms. The van der Waals surface area contributed by atoms with Crippen LogP contribution in [0.2, 0.25) is 0 Å². The summed E-state index contributed by atoms with van der Waals surface area (Å²) in [6.45, 7) is 1.50. The molecule has 1 saturated heterocycles. The number of fused-ring (bicyclic) bond motifs is 2. The normalized spacial score (nSPS) is 15.2. The summed E-state index contributed by atoms with van der Waals surface area (Å²) in [7, 11) is 0. The van der Waals surface area contributed by atoms with Gasteiger partial charge in [0.25, 0.3) is 11.5 Å². The number of halogens is 1. The minimum Gasteiger partial charge on any atom is -0.397 e. The predicted molar refractivity (Wildman–Crippen MR) is 156 cm³/mol. The molecule has 7 N–H and O–H groups in total. The molecule has 11 nitrogen and oxygen atoms in total. The van der Waals surface area contributed by atoms with Gasteiger partial charge in [0.15, 0.2) is 0 Å². The van der Waals surface area contributed by atoms with Crippen molar-refractivity contribution in [2.45, 2.75) is 31.5 Å². The first-order valence-electron chi connectivity index (χ1n) is 13.3. The molecule has 1 aliphatic rings. The van der Waals surface area contributed by atoms with E-state index < -0.39 is 23.6 Å². The van der Waals surface area contributed by atoms with Crippen LogP contribution in [-0.4, -0.2) is 85.2 Å². The molecule has 2 atom stereocenters. The maximum Gasteiger partial charge on any atom is 0.261 e. The lowest BCUT2D eigenvalue weighted by Crippen LogP contribution is -2.39. The Morgan fingerprint density at radius 3 is 2.68 bits per heavy atom. The zero-order valence-electron chi connectivity index (χ0n) is 22.2. The molecule has 0 unspecified atom stereocenters. The Labute approximate surface area is 238 Å². The number of nitrogens with one attached hydrogen (secondary N) is 3. The van der Waals surface area contributed by atoms with Crippen molar-refractivity contribution in [3.8, 4) is 11.4 Å². The number of nitrogens with two attached hydrogens (primary N) is 1. The van der Waals surface area contributed by atoms with E-state index >= 15 is 0 Å². The van der Waals surface area contributed by atoms with Crippen LogP contribution in [-0.2, 0) is 4.79 Å². The number of aliphatic hydroxyl groups excluding tert-OH is 2. The molecule has 0 spiro atoms. The van der Waals surface area contributed by atoms with Crippen molar-refractivity contribution < 1.29 is 24.2 Å². The minimum atomic E-state index is -0.958. The Balaban J connectivity index is 1.19. The number of carbonyl (C=O) groups is 2. The van der Waals surface area contributed by atoms with E-state index in [2.05, 4.69) is 20.3 Å². The Bertz CT molecular complexity index is 1650. The van der Waals surface area contributed by atoms with Crippen molar-refractivity contribution in [2.24, 2.45) is 0 Å². The Hall–Kier alpha value is -3.94. The predicted octanol–water partition coefficient (Wildman–Crippen LogP) is 1.99. The van der Waals surface area contributed by atoms with Crippen molar-refractivity contribution in [2.75, 3.05) is 36.9 Å². The lowest BCUT2D eigenvalue weighted by molar-refractivity contribution is -0.133. The summed E-state index contributed by atoms with van der Waals surface area (Å²) in [6, 6.07) is 9.03. The SMILES string of the molecule is Nc1c(-c2nc3ccc(C(=O)NCC[C@@H](O)C[C@@H](O)CC(=O)N4CCSCC4)cc3[nH]2)c(=O)[nH]c2cccc(F)c12. The minimum absolute atomic E-state index is 0.00221. The van der Waals surface area contributed by atoms with Crippen LogP contribution in [0.1, 0.15) is 29.6 Å². The third-order valence-electron chi connectivity index (χ3n) is 7.09. The Morgan fingerprint density at radius 2 is 1.90 bits per heavy atom. The van der Waals surface area contributed by atoms with Crippen molar-refractivity contribution in [1.82, 2.24) is 25.2 Å². The first-order chi connectivity index (χ1) is 19.7. The van der Waals surface area contributed by atoms with Crippen LogP contribution in [0.25, 0.3) is 33.3 Å². The second kappa shape index (κ2) is 12.3. The number of rotatable bonds is 9. The number of pyridine rings is 1. The van der Waals surface area contributed by atoms with E-state index in [0.717, 1.165) is 11.5 Å². The number of hydrogen-bond donors (Lipinski definition) is 6. The first kappa shape index (κ1) is 28.6. The Morgan fingerprint density at radius 1 is 1.12 bits per heavy atom. The fourth-order valence-corrected chi connectivity index (χ4v) is 5.85. The van der Waals surface area contributed by atoms with E-state index in [1.807, 2.05) is 0 Å². The summed E-state index contributed by atoms with van der Waals surface area (Å²) in [4.78, 5) is 49.5. The molecule has 2 aromatic carbocycles. The second-order valence-electron chi connectivity index (χ2n) is 10.0. The van der Waals surface area contributed by atoms with Gasteiger partial charge in [-0.1, -0.05) is 6.07 Å². The summed E-state index contributed by atoms with van der Waals surface area (Å²) < 4.78 is 14.4. The van der Waals surface area contributed by atoms with E-state index in [-0.39, 0.29) is 65.6 Å².